The first-order valence-electron chi connectivity index (χ1n) is 5.56. The Kier molecular flexibility index (Phi) is 3.99. The lowest BCUT2D eigenvalue weighted by Crippen LogP contribution is -2.03. The maximum Gasteiger partial charge on any atom is 0.416 e. The van der Waals surface area contributed by atoms with Gasteiger partial charge in [-0.3, -0.25) is 4.99 Å². The lowest BCUT2D eigenvalue weighted by molar-refractivity contribution is -0.137. The van der Waals surface area contributed by atoms with Gasteiger partial charge >= 0.3 is 6.18 Å². The molecule has 0 amide bonds. The third-order valence-corrected chi connectivity index (χ3v) is 2.75. The Labute approximate surface area is 118 Å². The molecule has 0 aliphatic carbocycles. The second-order valence-electron chi connectivity index (χ2n) is 4.01. The fourth-order valence-corrected chi connectivity index (χ4v) is 1.72. The van der Waals surface area contributed by atoms with Gasteiger partial charge in [0.15, 0.2) is 0 Å². The zero-order valence-corrected chi connectivity index (χ0v) is 10.8. The predicted octanol–water partition coefficient (Wildman–Crippen LogP) is 4.82. The molecule has 20 heavy (non-hydrogen) atoms. The van der Waals surface area contributed by atoms with Crippen LogP contribution in [0.25, 0.3) is 0 Å². The number of phenolic OH excluding ortho intramolecular Hbond substituents is 1. The summed E-state index contributed by atoms with van der Waals surface area (Å²) >= 11 is 5.76. The van der Waals surface area contributed by atoms with Gasteiger partial charge in [0.25, 0.3) is 0 Å². The number of phenols is 1. The summed E-state index contributed by atoms with van der Waals surface area (Å²) in [5, 5.41) is 9.96. The van der Waals surface area contributed by atoms with E-state index >= 15 is 0 Å². The minimum Gasteiger partial charge on any atom is -0.507 e. The van der Waals surface area contributed by atoms with Crippen LogP contribution in [0.5, 0.6) is 5.75 Å². The van der Waals surface area contributed by atoms with Crippen LogP contribution in [0.4, 0.5) is 18.9 Å². The zero-order chi connectivity index (χ0) is 14.8. The number of alkyl halides is 3. The van der Waals surface area contributed by atoms with Gasteiger partial charge in [-0.05, 0) is 36.4 Å². The molecule has 0 bridgehead atoms. The molecule has 6 heteroatoms. The van der Waals surface area contributed by atoms with Crippen molar-refractivity contribution < 1.29 is 18.3 Å². The van der Waals surface area contributed by atoms with E-state index < -0.39 is 11.7 Å². The lowest BCUT2D eigenvalue weighted by Gasteiger charge is -2.06. The average Bonchev–Trinajstić information content (AvgIpc) is 2.39. The second kappa shape index (κ2) is 5.54. The van der Waals surface area contributed by atoms with Crippen molar-refractivity contribution in [1.82, 2.24) is 0 Å². The third kappa shape index (κ3) is 3.51. The van der Waals surface area contributed by atoms with Crippen LogP contribution in [0.3, 0.4) is 0 Å². The summed E-state index contributed by atoms with van der Waals surface area (Å²) < 4.78 is 37.6. The third-order valence-electron chi connectivity index (χ3n) is 2.52. The standard InChI is InChI=1S/C14H9ClF3NO/c15-11-4-5-13(20)9(6-11)8-19-12-3-1-2-10(7-12)14(16,17)18/h1-8,20H/b19-8+. The van der Waals surface area contributed by atoms with E-state index in [0.29, 0.717) is 10.6 Å². The van der Waals surface area contributed by atoms with Crippen molar-refractivity contribution in [3.05, 3.63) is 58.6 Å². The molecular formula is C14H9ClF3NO. The quantitative estimate of drug-likeness (QED) is 0.793. The van der Waals surface area contributed by atoms with Crippen LogP contribution in [0.1, 0.15) is 11.1 Å². The van der Waals surface area contributed by atoms with Crippen LogP contribution in [0, 0.1) is 0 Å². The number of rotatable bonds is 2. The van der Waals surface area contributed by atoms with E-state index in [-0.39, 0.29) is 11.4 Å². The SMILES string of the molecule is Oc1ccc(Cl)cc1/C=N/c1cccc(C(F)(F)F)c1. The summed E-state index contributed by atoms with van der Waals surface area (Å²) in [5.74, 6) is -0.0508. The highest BCUT2D eigenvalue weighted by molar-refractivity contribution is 6.30. The van der Waals surface area contributed by atoms with E-state index in [1.807, 2.05) is 0 Å². The summed E-state index contributed by atoms with van der Waals surface area (Å²) in [4.78, 5) is 3.91. The van der Waals surface area contributed by atoms with Gasteiger partial charge in [0, 0.05) is 16.8 Å². The summed E-state index contributed by atoms with van der Waals surface area (Å²) in [6, 6.07) is 8.96. The molecule has 0 heterocycles. The molecule has 0 spiro atoms. The van der Waals surface area contributed by atoms with Crippen molar-refractivity contribution >= 4 is 23.5 Å². The Bertz CT molecular complexity index is 653. The zero-order valence-electron chi connectivity index (χ0n) is 10.0. The second-order valence-corrected chi connectivity index (χ2v) is 4.45. The number of nitrogens with zero attached hydrogens (tertiary/aromatic N) is 1. The molecule has 0 atom stereocenters. The van der Waals surface area contributed by atoms with E-state index in [0.717, 1.165) is 12.1 Å². The first kappa shape index (κ1) is 14.4. The number of hydrogen-bond acceptors (Lipinski definition) is 2. The molecule has 0 saturated carbocycles. The van der Waals surface area contributed by atoms with Crippen LogP contribution >= 0.6 is 11.6 Å². The van der Waals surface area contributed by atoms with Crippen molar-refractivity contribution in [2.75, 3.05) is 0 Å². The highest BCUT2D eigenvalue weighted by Crippen LogP contribution is 2.31. The molecule has 0 aromatic heterocycles. The van der Waals surface area contributed by atoms with Gasteiger partial charge in [0.2, 0.25) is 0 Å². The molecule has 0 radical (unpaired) electrons. The van der Waals surface area contributed by atoms with Gasteiger partial charge in [-0.15, -0.1) is 0 Å². The van der Waals surface area contributed by atoms with Gasteiger partial charge in [-0.25, -0.2) is 0 Å². The van der Waals surface area contributed by atoms with Crippen LogP contribution in [-0.4, -0.2) is 11.3 Å². The summed E-state index contributed by atoms with van der Waals surface area (Å²) in [6.07, 6.45) is -3.15. The molecule has 2 nitrogen and oxygen atoms in total. The number of hydrogen-bond donors (Lipinski definition) is 1. The minimum absolute atomic E-state index is 0.0508. The van der Waals surface area contributed by atoms with Gasteiger partial charge in [0.1, 0.15) is 5.75 Å². The molecule has 104 valence electrons. The van der Waals surface area contributed by atoms with Crippen LogP contribution in [-0.2, 0) is 6.18 Å². The molecule has 2 rings (SSSR count). The molecule has 0 fully saturated rings. The van der Waals surface area contributed by atoms with Crippen LogP contribution in [0.2, 0.25) is 5.02 Å². The Balaban J connectivity index is 2.30. The molecule has 2 aromatic rings. The fraction of sp³-hybridized carbons (Fsp3) is 0.0714. The number of aliphatic imine (C=N–C) groups is 1. The van der Waals surface area contributed by atoms with E-state index in [1.165, 1.54) is 36.5 Å². The fourth-order valence-electron chi connectivity index (χ4n) is 1.54. The highest BCUT2D eigenvalue weighted by atomic mass is 35.5. The average molecular weight is 300 g/mol. The lowest BCUT2D eigenvalue weighted by atomic mass is 10.2. The first-order chi connectivity index (χ1) is 9.36. The maximum atomic E-state index is 12.5. The number of aromatic hydroxyl groups is 1. The molecule has 1 N–H and O–H groups in total. The minimum atomic E-state index is -4.41. The van der Waals surface area contributed by atoms with Crippen molar-refractivity contribution in [3.8, 4) is 5.75 Å². The molecule has 0 aliphatic rings. The van der Waals surface area contributed by atoms with Gasteiger partial charge in [-0.2, -0.15) is 13.2 Å². The van der Waals surface area contributed by atoms with E-state index in [1.54, 1.807) is 0 Å². The normalized spacial score (nSPS) is 12.0. The van der Waals surface area contributed by atoms with E-state index in [4.69, 9.17) is 11.6 Å². The van der Waals surface area contributed by atoms with Crippen molar-refractivity contribution in [3.63, 3.8) is 0 Å². The maximum absolute atomic E-state index is 12.5. The van der Waals surface area contributed by atoms with Crippen molar-refractivity contribution in [2.45, 2.75) is 6.18 Å². The Morgan fingerprint density at radius 2 is 1.85 bits per heavy atom. The molecule has 0 unspecified atom stereocenters. The van der Waals surface area contributed by atoms with Crippen molar-refractivity contribution in [2.24, 2.45) is 4.99 Å². The Morgan fingerprint density at radius 3 is 2.55 bits per heavy atom. The molecule has 2 aromatic carbocycles. The van der Waals surface area contributed by atoms with Crippen molar-refractivity contribution in [1.29, 1.82) is 0 Å². The monoisotopic (exact) mass is 299 g/mol. The molecular weight excluding hydrogens is 291 g/mol. The van der Waals surface area contributed by atoms with Crippen LogP contribution in [0.15, 0.2) is 47.5 Å². The van der Waals surface area contributed by atoms with Gasteiger partial charge < -0.3 is 5.11 Å². The topological polar surface area (TPSA) is 32.6 Å². The first-order valence-corrected chi connectivity index (χ1v) is 5.94. The number of halogens is 4. The Hall–Kier alpha value is -2.01. The van der Waals surface area contributed by atoms with E-state index in [9.17, 15) is 18.3 Å². The predicted molar refractivity (Wildman–Crippen MR) is 71.8 cm³/mol. The summed E-state index contributed by atoms with van der Waals surface area (Å²) in [6.45, 7) is 0. The Morgan fingerprint density at radius 1 is 1.10 bits per heavy atom. The molecule has 0 aliphatic heterocycles. The summed E-state index contributed by atoms with van der Waals surface area (Å²) in [5.41, 5.74) is -0.309. The molecule has 0 saturated heterocycles. The highest BCUT2D eigenvalue weighted by Gasteiger charge is 2.30. The number of benzene rings is 2. The van der Waals surface area contributed by atoms with E-state index in [2.05, 4.69) is 4.99 Å². The summed E-state index contributed by atoms with van der Waals surface area (Å²) in [7, 11) is 0. The smallest absolute Gasteiger partial charge is 0.416 e. The largest absolute Gasteiger partial charge is 0.507 e. The van der Waals surface area contributed by atoms with Gasteiger partial charge in [0.05, 0.1) is 11.3 Å². The van der Waals surface area contributed by atoms with Gasteiger partial charge in [-0.1, -0.05) is 17.7 Å². The van der Waals surface area contributed by atoms with Crippen LogP contribution < -0.4 is 0 Å².